The minimum atomic E-state index is -0.294. The standard InChI is InChI=1S/C12H18O2/c1-10(2)6-4-8-12(3)9-5-7-11(13)14-12/h5-7H,4,8-9H2,1-3H3. The molecule has 0 saturated carbocycles. The molecule has 0 spiro atoms. The minimum Gasteiger partial charge on any atom is -0.456 e. The number of carbonyl (C=O) groups excluding carboxylic acids is 1. The molecule has 0 aromatic carbocycles. The van der Waals surface area contributed by atoms with Gasteiger partial charge in [0, 0.05) is 12.5 Å². The Hall–Kier alpha value is -1.05. The second-order valence-electron chi connectivity index (χ2n) is 4.30. The highest BCUT2D eigenvalue weighted by atomic mass is 16.6. The Balaban J connectivity index is 2.47. The van der Waals surface area contributed by atoms with Gasteiger partial charge in [0.15, 0.2) is 0 Å². The van der Waals surface area contributed by atoms with Crippen molar-refractivity contribution in [2.75, 3.05) is 0 Å². The smallest absolute Gasteiger partial charge is 0.330 e. The Morgan fingerprint density at radius 1 is 1.64 bits per heavy atom. The van der Waals surface area contributed by atoms with Crippen LogP contribution in [-0.2, 0) is 9.53 Å². The zero-order valence-corrected chi connectivity index (χ0v) is 9.17. The summed E-state index contributed by atoms with van der Waals surface area (Å²) in [6, 6.07) is 0. The lowest BCUT2D eigenvalue weighted by Crippen LogP contribution is -2.32. The van der Waals surface area contributed by atoms with Crippen molar-refractivity contribution in [1.29, 1.82) is 0 Å². The highest BCUT2D eigenvalue weighted by Gasteiger charge is 2.28. The molecule has 0 N–H and O–H groups in total. The molecular formula is C12H18O2. The Kier molecular flexibility index (Phi) is 3.50. The van der Waals surface area contributed by atoms with Crippen LogP contribution < -0.4 is 0 Å². The van der Waals surface area contributed by atoms with Crippen LogP contribution in [0.25, 0.3) is 0 Å². The van der Waals surface area contributed by atoms with E-state index in [-0.39, 0.29) is 11.6 Å². The maximum absolute atomic E-state index is 11.1. The molecule has 0 aromatic rings. The lowest BCUT2D eigenvalue weighted by molar-refractivity contribution is -0.153. The van der Waals surface area contributed by atoms with Crippen molar-refractivity contribution in [3.63, 3.8) is 0 Å². The summed E-state index contributed by atoms with van der Waals surface area (Å²) in [5, 5.41) is 0. The molecule has 1 aliphatic rings. The van der Waals surface area contributed by atoms with E-state index in [2.05, 4.69) is 19.9 Å². The lowest BCUT2D eigenvalue weighted by Gasteiger charge is -2.30. The Labute approximate surface area is 85.6 Å². The van der Waals surface area contributed by atoms with Crippen LogP contribution in [0, 0.1) is 0 Å². The maximum atomic E-state index is 11.1. The average Bonchev–Trinajstić information content (AvgIpc) is 2.01. The molecular weight excluding hydrogens is 176 g/mol. The zero-order chi connectivity index (χ0) is 10.6. The van der Waals surface area contributed by atoms with Gasteiger partial charge in [-0.2, -0.15) is 0 Å². The van der Waals surface area contributed by atoms with Crippen LogP contribution in [0.4, 0.5) is 0 Å². The van der Waals surface area contributed by atoms with Gasteiger partial charge in [0.1, 0.15) is 5.60 Å². The lowest BCUT2D eigenvalue weighted by atomic mass is 9.93. The van der Waals surface area contributed by atoms with Gasteiger partial charge < -0.3 is 4.74 Å². The molecule has 1 heterocycles. The molecule has 0 aromatic heterocycles. The van der Waals surface area contributed by atoms with Crippen molar-refractivity contribution in [2.45, 2.75) is 45.6 Å². The van der Waals surface area contributed by atoms with Gasteiger partial charge in [-0.1, -0.05) is 17.7 Å². The van der Waals surface area contributed by atoms with Crippen molar-refractivity contribution in [3.05, 3.63) is 23.8 Å². The fourth-order valence-electron chi connectivity index (χ4n) is 1.54. The van der Waals surface area contributed by atoms with Gasteiger partial charge in [-0.15, -0.1) is 0 Å². The number of allylic oxidation sites excluding steroid dienone is 2. The molecule has 1 rings (SSSR count). The highest BCUT2D eigenvalue weighted by Crippen LogP contribution is 2.26. The summed E-state index contributed by atoms with van der Waals surface area (Å²) in [5.74, 6) is -0.212. The molecule has 78 valence electrons. The minimum absolute atomic E-state index is 0.212. The van der Waals surface area contributed by atoms with E-state index in [0.29, 0.717) is 0 Å². The molecule has 14 heavy (non-hydrogen) atoms. The number of esters is 1. The summed E-state index contributed by atoms with van der Waals surface area (Å²) in [7, 11) is 0. The van der Waals surface area contributed by atoms with Gasteiger partial charge in [0.05, 0.1) is 0 Å². The monoisotopic (exact) mass is 194 g/mol. The van der Waals surface area contributed by atoms with Gasteiger partial charge in [-0.3, -0.25) is 0 Å². The molecule has 2 nitrogen and oxygen atoms in total. The average molecular weight is 194 g/mol. The van der Waals surface area contributed by atoms with Crippen LogP contribution in [0.2, 0.25) is 0 Å². The molecule has 0 fully saturated rings. The second kappa shape index (κ2) is 4.45. The number of rotatable bonds is 3. The first-order valence-corrected chi connectivity index (χ1v) is 5.05. The summed E-state index contributed by atoms with van der Waals surface area (Å²) in [5.41, 5.74) is 1.02. The molecule has 0 bridgehead atoms. The zero-order valence-electron chi connectivity index (χ0n) is 9.17. The van der Waals surface area contributed by atoms with E-state index < -0.39 is 0 Å². The normalized spacial score (nSPS) is 25.8. The predicted molar refractivity (Wildman–Crippen MR) is 56.9 cm³/mol. The number of carbonyl (C=O) groups is 1. The number of cyclic esters (lactones) is 1. The first-order valence-electron chi connectivity index (χ1n) is 5.05. The second-order valence-corrected chi connectivity index (χ2v) is 4.30. The summed E-state index contributed by atoms with van der Waals surface area (Å²) in [6.07, 6.45) is 8.28. The van der Waals surface area contributed by atoms with Crippen LogP contribution in [-0.4, -0.2) is 11.6 Å². The number of hydrogen-bond acceptors (Lipinski definition) is 2. The van der Waals surface area contributed by atoms with E-state index >= 15 is 0 Å². The van der Waals surface area contributed by atoms with Crippen LogP contribution in [0.1, 0.15) is 40.0 Å². The highest BCUT2D eigenvalue weighted by molar-refractivity contribution is 5.83. The molecule has 1 aliphatic heterocycles. The van der Waals surface area contributed by atoms with Crippen LogP contribution >= 0.6 is 0 Å². The fraction of sp³-hybridized carbons (Fsp3) is 0.583. The van der Waals surface area contributed by atoms with Crippen molar-refractivity contribution in [2.24, 2.45) is 0 Å². The van der Waals surface area contributed by atoms with E-state index in [0.717, 1.165) is 19.3 Å². The van der Waals surface area contributed by atoms with E-state index in [4.69, 9.17) is 4.74 Å². The van der Waals surface area contributed by atoms with Crippen molar-refractivity contribution in [3.8, 4) is 0 Å². The topological polar surface area (TPSA) is 26.3 Å². The molecule has 1 unspecified atom stereocenters. The molecule has 2 heteroatoms. The Morgan fingerprint density at radius 2 is 2.36 bits per heavy atom. The van der Waals surface area contributed by atoms with Gasteiger partial charge in [-0.25, -0.2) is 4.79 Å². The molecule has 0 radical (unpaired) electrons. The van der Waals surface area contributed by atoms with Crippen molar-refractivity contribution < 1.29 is 9.53 Å². The van der Waals surface area contributed by atoms with Crippen molar-refractivity contribution >= 4 is 5.97 Å². The molecule has 0 aliphatic carbocycles. The third-order valence-corrected chi connectivity index (χ3v) is 2.38. The number of ether oxygens (including phenoxy) is 1. The summed E-state index contributed by atoms with van der Waals surface area (Å²) < 4.78 is 5.30. The Morgan fingerprint density at radius 3 is 2.93 bits per heavy atom. The first kappa shape index (κ1) is 11.0. The van der Waals surface area contributed by atoms with E-state index in [1.54, 1.807) is 0 Å². The van der Waals surface area contributed by atoms with Gasteiger partial charge in [0.2, 0.25) is 0 Å². The summed E-state index contributed by atoms with van der Waals surface area (Å²) in [6.45, 7) is 6.15. The fourth-order valence-corrected chi connectivity index (χ4v) is 1.54. The van der Waals surface area contributed by atoms with Crippen LogP contribution in [0.5, 0.6) is 0 Å². The quantitative estimate of drug-likeness (QED) is 0.510. The van der Waals surface area contributed by atoms with Gasteiger partial charge >= 0.3 is 5.97 Å². The third kappa shape index (κ3) is 3.36. The maximum Gasteiger partial charge on any atom is 0.330 e. The van der Waals surface area contributed by atoms with Crippen LogP contribution in [0.15, 0.2) is 23.8 Å². The largest absolute Gasteiger partial charge is 0.456 e. The van der Waals surface area contributed by atoms with Gasteiger partial charge in [-0.05, 0) is 33.6 Å². The molecule has 0 amide bonds. The first-order chi connectivity index (χ1) is 6.52. The van der Waals surface area contributed by atoms with Gasteiger partial charge in [0.25, 0.3) is 0 Å². The SMILES string of the molecule is CC(C)=CCCC1(C)CC=CC(=O)O1. The summed E-state index contributed by atoms with van der Waals surface area (Å²) in [4.78, 5) is 11.1. The van der Waals surface area contributed by atoms with E-state index in [9.17, 15) is 4.79 Å². The predicted octanol–water partition coefficient (Wildman–Crippen LogP) is 2.99. The van der Waals surface area contributed by atoms with Crippen LogP contribution in [0.3, 0.4) is 0 Å². The Bertz CT molecular complexity index is 272. The van der Waals surface area contributed by atoms with E-state index in [1.165, 1.54) is 11.6 Å². The molecule has 1 atom stereocenters. The third-order valence-electron chi connectivity index (χ3n) is 2.38. The van der Waals surface area contributed by atoms with Crippen molar-refractivity contribution in [1.82, 2.24) is 0 Å². The summed E-state index contributed by atoms with van der Waals surface area (Å²) >= 11 is 0. The van der Waals surface area contributed by atoms with E-state index in [1.807, 2.05) is 13.0 Å². The number of hydrogen-bond donors (Lipinski definition) is 0. The molecule has 0 saturated heterocycles.